The fourth-order valence-corrected chi connectivity index (χ4v) is 2.51. The van der Waals surface area contributed by atoms with Gasteiger partial charge in [0.1, 0.15) is 0 Å². The van der Waals surface area contributed by atoms with E-state index in [1.54, 1.807) is 0 Å². The minimum absolute atomic E-state index is 0.365. The third kappa shape index (κ3) is 3.54. The summed E-state index contributed by atoms with van der Waals surface area (Å²) < 4.78 is 7.74. The van der Waals surface area contributed by atoms with E-state index in [1.165, 1.54) is 24.8 Å². The van der Waals surface area contributed by atoms with Crippen molar-refractivity contribution in [3.8, 4) is 0 Å². The highest BCUT2D eigenvalue weighted by Crippen LogP contribution is 2.18. The maximum atomic E-state index is 5.88. The second kappa shape index (κ2) is 6.17. The number of aryl methyl sites for hydroxylation is 1. The van der Waals surface area contributed by atoms with E-state index in [-0.39, 0.29) is 0 Å². The van der Waals surface area contributed by atoms with Crippen molar-refractivity contribution in [1.82, 2.24) is 15.1 Å². The molecule has 17 heavy (non-hydrogen) atoms. The molecule has 2 rings (SSSR count). The van der Waals surface area contributed by atoms with E-state index in [1.807, 2.05) is 17.9 Å². The van der Waals surface area contributed by atoms with Gasteiger partial charge >= 0.3 is 0 Å². The molecule has 96 valence electrons. The lowest BCUT2D eigenvalue weighted by atomic mass is 9.97. The van der Waals surface area contributed by atoms with Crippen LogP contribution in [0.25, 0.3) is 0 Å². The number of hydrogen-bond acceptors (Lipinski definition) is 3. The topological polar surface area (TPSA) is 39.1 Å². The van der Waals surface area contributed by atoms with E-state index >= 15 is 0 Å². The summed E-state index contributed by atoms with van der Waals surface area (Å²) in [5.41, 5.74) is 1.28. The largest absolute Gasteiger partial charge is 0.377 e. The Morgan fingerprint density at radius 3 is 3.06 bits per heavy atom. The van der Waals surface area contributed by atoms with Gasteiger partial charge in [0.15, 0.2) is 0 Å². The molecule has 1 aliphatic heterocycles. The standard InChI is InChI=1S/C13H23N3O/c1-3-14-12(13-6-4-5-7-17-13)8-11-9-15-16(2)10-11/h9-10,12-14H,3-8H2,1-2H3. The summed E-state index contributed by atoms with van der Waals surface area (Å²) in [6.07, 6.45) is 9.09. The second-order valence-corrected chi connectivity index (χ2v) is 4.80. The number of nitrogens with one attached hydrogen (secondary N) is 1. The fourth-order valence-electron chi connectivity index (χ4n) is 2.51. The van der Waals surface area contributed by atoms with E-state index in [4.69, 9.17) is 4.74 Å². The molecular formula is C13H23N3O. The molecule has 0 aromatic carbocycles. The number of likely N-dealkylation sites (N-methyl/N-ethyl adjacent to an activating group) is 1. The Labute approximate surface area is 103 Å². The molecule has 1 fully saturated rings. The molecule has 2 heterocycles. The molecule has 0 spiro atoms. The quantitative estimate of drug-likeness (QED) is 0.843. The lowest BCUT2D eigenvalue weighted by molar-refractivity contribution is -0.00709. The van der Waals surface area contributed by atoms with Gasteiger partial charge in [-0.3, -0.25) is 4.68 Å². The summed E-state index contributed by atoms with van der Waals surface area (Å²) in [6.45, 7) is 4.06. The van der Waals surface area contributed by atoms with Crippen LogP contribution in [0.2, 0.25) is 0 Å². The highest BCUT2D eigenvalue weighted by molar-refractivity contribution is 5.07. The molecule has 1 N–H and O–H groups in total. The minimum Gasteiger partial charge on any atom is -0.377 e. The minimum atomic E-state index is 0.365. The first-order chi connectivity index (χ1) is 8.29. The molecule has 1 aliphatic rings. The summed E-state index contributed by atoms with van der Waals surface area (Å²) >= 11 is 0. The number of nitrogens with zero attached hydrogens (tertiary/aromatic N) is 2. The first-order valence-electron chi connectivity index (χ1n) is 6.62. The van der Waals surface area contributed by atoms with E-state index in [9.17, 15) is 0 Å². The highest BCUT2D eigenvalue weighted by Gasteiger charge is 2.24. The molecule has 0 radical (unpaired) electrons. The maximum Gasteiger partial charge on any atom is 0.0731 e. The van der Waals surface area contributed by atoms with Crippen LogP contribution in [0.1, 0.15) is 31.7 Å². The Bertz CT molecular complexity index is 331. The molecule has 2 unspecified atom stereocenters. The van der Waals surface area contributed by atoms with Crippen LogP contribution in [0.4, 0.5) is 0 Å². The van der Waals surface area contributed by atoms with Gasteiger partial charge in [-0.15, -0.1) is 0 Å². The van der Waals surface area contributed by atoms with E-state index in [0.717, 1.165) is 19.6 Å². The van der Waals surface area contributed by atoms with Gasteiger partial charge in [-0.25, -0.2) is 0 Å². The third-order valence-corrected chi connectivity index (χ3v) is 3.34. The Morgan fingerprint density at radius 1 is 1.59 bits per heavy atom. The molecule has 1 saturated heterocycles. The second-order valence-electron chi connectivity index (χ2n) is 4.80. The average molecular weight is 237 g/mol. The third-order valence-electron chi connectivity index (χ3n) is 3.34. The Balaban J connectivity index is 1.95. The van der Waals surface area contributed by atoms with Crippen molar-refractivity contribution in [3.05, 3.63) is 18.0 Å². The summed E-state index contributed by atoms with van der Waals surface area (Å²) in [4.78, 5) is 0. The Kier molecular flexibility index (Phi) is 4.57. The number of ether oxygens (including phenoxy) is 1. The lowest BCUT2D eigenvalue weighted by Crippen LogP contribution is -2.44. The molecule has 0 amide bonds. The zero-order valence-electron chi connectivity index (χ0n) is 10.9. The van der Waals surface area contributed by atoms with Crippen LogP contribution >= 0.6 is 0 Å². The van der Waals surface area contributed by atoms with Crippen LogP contribution in [-0.4, -0.2) is 35.1 Å². The van der Waals surface area contributed by atoms with Crippen LogP contribution in [0.15, 0.2) is 12.4 Å². The summed E-state index contributed by atoms with van der Waals surface area (Å²) in [7, 11) is 1.96. The summed E-state index contributed by atoms with van der Waals surface area (Å²) in [6, 6.07) is 0.421. The van der Waals surface area contributed by atoms with Crippen LogP contribution in [0.3, 0.4) is 0 Å². The normalized spacial score (nSPS) is 22.6. The van der Waals surface area contributed by atoms with Gasteiger partial charge in [0.25, 0.3) is 0 Å². The van der Waals surface area contributed by atoms with Gasteiger partial charge in [0, 0.05) is 25.9 Å². The maximum absolute atomic E-state index is 5.88. The van der Waals surface area contributed by atoms with Crippen molar-refractivity contribution < 1.29 is 4.74 Å². The number of aromatic nitrogens is 2. The molecule has 2 atom stereocenters. The van der Waals surface area contributed by atoms with Crippen molar-refractivity contribution in [2.24, 2.45) is 7.05 Å². The molecule has 1 aromatic heterocycles. The predicted molar refractivity (Wildman–Crippen MR) is 68.0 cm³/mol. The Morgan fingerprint density at radius 2 is 2.47 bits per heavy atom. The molecule has 4 heteroatoms. The predicted octanol–water partition coefficient (Wildman–Crippen LogP) is 1.51. The molecular weight excluding hydrogens is 214 g/mol. The highest BCUT2D eigenvalue weighted by atomic mass is 16.5. The molecule has 1 aromatic rings. The average Bonchev–Trinajstić information content (AvgIpc) is 2.75. The molecule has 0 aliphatic carbocycles. The first kappa shape index (κ1) is 12.6. The Hall–Kier alpha value is -0.870. The molecule has 0 bridgehead atoms. The molecule has 0 saturated carbocycles. The monoisotopic (exact) mass is 237 g/mol. The zero-order chi connectivity index (χ0) is 12.1. The van der Waals surface area contributed by atoms with Crippen molar-refractivity contribution in [2.75, 3.05) is 13.2 Å². The smallest absolute Gasteiger partial charge is 0.0731 e. The molecule has 4 nitrogen and oxygen atoms in total. The van der Waals surface area contributed by atoms with Crippen molar-refractivity contribution in [1.29, 1.82) is 0 Å². The van der Waals surface area contributed by atoms with Crippen molar-refractivity contribution >= 4 is 0 Å². The zero-order valence-corrected chi connectivity index (χ0v) is 10.9. The van der Waals surface area contributed by atoms with Gasteiger partial charge in [-0.2, -0.15) is 5.10 Å². The van der Waals surface area contributed by atoms with Gasteiger partial charge in [0.2, 0.25) is 0 Å². The number of rotatable bonds is 5. The van der Waals surface area contributed by atoms with Crippen LogP contribution in [0, 0.1) is 0 Å². The SMILES string of the molecule is CCNC(Cc1cnn(C)c1)C1CCCCO1. The number of hydrogen-bond donors (Lipinski definition) is 1. The van der Waals surface area contributed by atoms with Crippen molar-refractivity contribution in [2.45, 2.75) is 44.8 Å². The fraction of sp³-hybridized carbons (Fsp3) is 0.769. The van der Waals surface area contributed by atoms with Gasteiger partial charge in [0.05, 0.1) is 12.3 Å². The lowest BCUT2D eigenvalue weighted by Gasteiger charge is -2.30. The van der Waals surface area contributed by atoms with Gasteiger partial charge in [-0.1, -0.05) is 6.92 Å². The van der Waals surface area contributed by atoms with E-state index in [0.29, 0.717) is 12.1 Å². The van der Waals surface area contributed by atoms with Gasteiger partial charge < -0.3 is 10.1 Å². The van der Waals surface area contributed by atoms with Crippen LogP contribution in [-0.2, 0) is 18.2 Å². The van der Waals surface area contributed by atoms with E-state index in [2.05, 4.69) is 23.5 Å². The van der Waals surface area contributed by atoms with Gasteiger partial charge in [-0.05, 0) is 37.8 Å². The summed E-state index contributed by atoms with van der Waals surface area (Å²) in [5, 5.41) is 7.77. The van der Waals surface area contributed by atoms with E-state index < -0.39 is 0 Å². The first-order valence-corrected chi connectivity index (χ1v) is 6.62. The van der Waals surface area contributed by atoms with Crippen molar-refractivity contribution in [3.63, 3.8) is 0 Å². The summed E-state index contributed by atoms with van der Waals surface area (Å²) in [5.74, 6) is 0. The van der Waals surface area contributed by atoms with Crippen LogP contribution < -0.4 is 5.32 Å². The van der Waals surface area contributed by atoms with Crippen LogP contribution in [0.5, 0.6) is 0 Å².